The molecule has 0 aromatic heterocycles. The third-order valence-electron chi connectivity index (χ3n) is 5.32. The first-order chi connectivity index (χ1) is 11.1. The van der Waals surface area contributed by atoms with Gasteiger partial charge in [-0.15, -0.1) is 11.8 Å². The van der Waals surface area contributed by atoms with Crippen molar-refractivity contribution in [3.05, 3.63) is 23.5 Å². The Morgan fingerprint density at radius 1 is 1.30 bits per heavy atom. The summed E-state index contributed by atoms with van der Waals surface area (Å²) in [5.41, 5.74) is 2.07. The van der Waals surface area contributed by atoms with E-state index in [2.05, 4.69) is 54.5 Å². The van der Waals surface area contributed by atoms with Gasteiger partial charge in [0.1, 0.15) is 5.82 Å². The third-order valence-corrected chi connectivity index (χ3v) is 6.38. The first-order valence-corrected chi connectivity index (χ1v) is 10.3. The van der Waals surface area contributed by atoms with Gasteiger partial charge in [0.05, 0.1) is 18.6 Å². The van der Waals surface area contributed by atoms with Crippen molar-refractivity contribution in [2.45, 2.75) is 51.8 Å². The highest BCUT2D eigenvalue weighted by Crippen LogP contribution is 2.49. The summed E-state index contributed by atoms with van der Waals surface area (Å²) in [4.78, 5) is 5.18. The van der Waals surface area contributed by atoms with Gasteiger partial charge < -0.3 is 14.5 Å². The van der Waals surface area contributed by atoms with E-state index in [9.17, 15) is 0 Å². The lowest BCUT2D eigenvalue weighted by molar-refractivity contribution is 0.0367. The van der Waals surface area contributed by atoms with E-state index in [1.54, 1.807) is 0 Å². The molecule has 3 rings (SSSR count). The van der Waals surface area contributed by atoms with Gasteiger partial charge in [0.25, 0.3) is 0 Å². The molecule has 2 heterocycles. The largest absolute Gasteiger partial charge is 0.378 e. The Hall–Kier alpha value is -0.610. The highest BCUT2D eigenvalue weighted by molar-refractivity contribution is 7.99. The molecule has 1 saturated heterocycles. The molecule has 0 amide bonds. The van der Waals surface area contributed by atoms with E-state index in [1.165, 1.54) is 49.4 Å². The van der Waals surface area contributed by atoms with E-state index in [4.69, 9.17) is 4.74 Å². The minimum absolute atomic E-state index is 0.495. The highest BCUT2D eigenvalue weighted by atomic mass is 32.2. The summed E-state index contributed by atoms with van der Waals surface area (Å²) in [6, 6.07) is 0. The quantitative estimate of drug-likeness (QED) is 0.696. The van der Waals surface area contributed by atoms with Crippen molar-refractivity contribution in [1.29, 1.82) is 0 Å². The summed E-state index contributed by atoms with van der Waals surface area (Å²) in [7, 11) is 0. The van der Waals surface area contributed by atoms with E-state index in [0.29, 0.717) is 10.8 Å². The number of ether oxygens (including phenoxy) is 1. The Kier molecular flexibility index (Phi) is 5.63. The fraction of sp³-hybridized carbons (Fsp3) is 0.789. The van der Waals surface area contributed by atoms with Crippen molar-refractivity contribution in [2.75, 3.05) is 38.6 Å². The molecule has 3 aliphatic rings. The van der Waals surface area contributed by atoms with Gasteiger partial charge in [0, 0.05) is 19.6 Å². The van der Waals surface area contributed by atoms with Crippen LogP contribution in [0.15, 0.2) is 23.5 Å². The summed E-state index contributed by atoms with van der Waals surface area (Å²) >= 11 is 2.06. The summed E-state index contributed by atoms with van der Waals surface area (Å²) in [5, 5.41) is 0.495. The van der Waals surface area contributed by atoms with E-state index >= 15 is 0 Å². The van der Waals surface area contributed by atoms with Crippen molar-refractivity contribution in [3.8, 4) is 0 Å². The van der Waals surface area contributed by atoms with Gasteiger partial charge in [-0.3, -0.25) is 0 Å². The van der Waals surface area contributed by atoms with E-state index < -0.39 is 0 Å². The standard InChI is InChI=1S/C19H32N2OS/c1-4-23-18-15-16(2)14-17(20-10-12-22-13-11-20)21(18)9-5-6-19(3)7-8-19/h14-15,18H,4-13H2,1-3H3. The van der Waals surface area contributed by atoms with Gasteiger partial charge >= 0.3 is 0 Å². The molecule has 4 heteroatoms. The third kappa shape index (κ3) is 4.48. The second-order valence-corrected chi connectivity index (χ2v) is 8.86. The smallest absolute Gasteiger partial charge is 0.105 e. The molecular weight excluding hydrogens is 304 g/mol. The molecule has 0 aromatic rings. The Balaban J connectivity index is 1.69. The van der Waals surface area contributed by atoms with Crippen LogP contribution in [0.25, 0.3) is 0 Å². The summed E-state index contributed by atoms with van der Waals surface area (Å²) in [6.07, 6.45) is 10.4. The van der Waals surface area contributed by atoms with Crippen LogP contribution in [0.1, 0.15) is 46.5 Å². The van der Waals surface area contributed by atoms with Crippen LogP contribution in [-0.4, -0.2) is 53.8 Å². The number of morpholine rings is 1. The van der Waals surface area contributed by atoms with Gasteiger partial charge in [-0.1, -0.05) is 13.8 Å². The van der Waals surface area contributed by atoms with Gasteiger partial charge in [-0.2, -0.15) is 0 Å². The zero-order chi connectivity index (χ0) is 16.3. The number of hydrogen-bond donors (Lipinski definition) is 0. The van der Waals surface area contributed by atoms with Crippen LogP contribution >= 0.6 is 11.8 Å². The molecule has 1 atom stereocenters. The summed E-state index contributed by atoms with van der Waals surface area (Å²) in [5.74, 6) is 2.60. The van der Waals surface area contributed by atoms with Crippen LogP contribution in [-0.2, 0) is 4.74 Å². The molecule has 130 valence electrons. The van der Waals surface area contributed by atoms with Crippen LogP contribution in [0.5, 0.6) is 0 Å². The average Bonchev–Trinajstić information content (AvgIpc) is 3.28. The highest BCUT2D eigenvalue weighted by Gasteiger charge is 2.36. The van der Waals surface area contributed by atoms with Crippen molar-refractivity contribution in [2.24, 2.45) is 5.41 Å². The number of thioether (sulfide) groups is 1. The van der Waals surface area contributed by atoms with Crippen LogP contribution in [0.4, 0.5) is 0 Å². The second-order valence-electron chi connectivity index (χ2n) is 7.47. The van der Waals surface area contributed by atoms with Crippen molar-refractivity contribution < 1.29 is 4.74 Å². The number of allylic oxidation sites excluding steroid dienone is 2. The van der Waals surface area contributed by atoms with Gasteiger partial charge in [-0.05, 0) is 61.5 Å². The van der Waals surface area contributed by atoms with Crippen molar-refractivity contribution >= 4 is 11.8 Å². The van der Waals surface area contributed by atoms with E-state index in [1.807, 2.05) is 0 Å². The molecule has 23 heavy (non-hydrogen) atoms. The molecular formula is C19H32N2OS. The van der Waals surface area contributed by atoms with Crippen LogP contribution in [0.3, 0.4) is 0 Å². The molecule has 1 aliphatic carbocycles. The maximum absolute atomic E-state index is 5.55. The number of nitrogens with zero attached hydrogens (tertiary/aromatic N) is 2. The van der Waals surface area contributed by atoms with E-state index in [0.717, 1.165) is 26.3 Å². The lowest BCUT2D eigenvalue weighted by Gasteiger charge is -2.43. The van der Waals surface area contributed by atoms with Crippen LogP contribution < -0.4 is 0 Å². The molecule has 1 unspecified atom stereocenters. The Labute approximate surface area is 146 Å². The van der Waals surface area contributed by atoms with Crippen LogP contribution in [0.2, 0.25) is 0 Å². The van der Waals surface area contributed by atoms with Crippen molar-refractivity contribution in [3.63, 3.8) is 0 Å². The molecule has 2 aliphatic heterocycles. The normalized spacial score (nSPS) is 26.8. The molecule has 0 N–H and O–H groups in total. The fourth-order valence-electron chi connectivity index (χ4n) is 3.54. The van der Waals surface area contributed by atoms with E-state index in [-0.39, 0.29) is 0 Å². The molecule has 0 bridgehead atoms. The Bertz CT molecular complexity index is 464. The Morgan fingerprint density at radius 2 is 2.04 bits per heavy atom. The summed E-state index contributed by atoms with van der Waals surface area (Å²) in [6.45, 7) is 11.9. The Morgan fingerprint density at radius 3 is 2.70 bits per heavy atom. The first-order valence-electron chi connectivity index (χ1n) is 9.22. The van der Waals surface area contributed by atoms with Gasteiger partial charge in [-0.25, -0.2) is 0 Å². The predicted molar refractivity (Wildman–Crippen MR) is 99.4 cm³/mol. The topological polar surface area (TPSA) is 15.7 Å². The number of rotatable bonds is 7. The zero-order valence-electron chi connectivity index (χ0n) is 15.0. The lowest BCUT2D eigenvalue weighted by atomic mass is 10.0. The zero-order valence-corrected chi connectivity index (χ0v) is 15.8. The molecule has 0 radical (unpaired) electrons. The molecule has 1 saturated carbocycles. The molecule has 2 fully saturated rings. The number of hydrogen-bond acceptors (Lipinski definition) is 4. The molecule has 0 aromatic carbocycles. The summed E-state index contributed by atoms with van der Waals surface area (Å²) < 4.78 is 5.55. The maximum Gasteiger partial charge on any atom is 0.105 e. The first kappa shape index (κ1) is 17.2. The predicted octanol–water partition coefficient (Wildman–Crippen LogP) is 4.08. The van der Waals surface area contributed by atoms with Gasteiger partial charge in [0.15, 0.2) is 0 Å². The second kappa shape index (κ2) is 7.52. The minimum atomic E-state index is 0.495. The maximum atomic E-state index is 5.55. The van der Waals surface area contributed by atoms with Crippen molar-refractivity contribution in [1.82, 2.24) is 9.80 Å². The average molecular weight is 337 g/mol. The van der Waals surface area contributed by atoms with Crippen LogP contribution in [0, 0.1) is 5.41 Å². The van der Waals surface area contributed by atoms with Gasteiger partial charge in [0.2, 0.25) is 0 Å². The fourth-order valence-corrected chi connectivity index (χ4v) is 4.58. The minimum Gasteiger partial charge on any atom is -0.378 e. The SMILES string of the molecule is CCSC1C=C(C)C=C(N2CCOCC2)N1CCCC1(C)CC1. The monoisotopic (exact) mass is 336 g/mol. The molecule has 0 spiro atoms. The molecule has 3 nitrogen and oxygen atoms in total. The lowest BCUT2D eigenvalue weighted by Crippen LogP contribution is -2.46.